The summed E-state index contributed by atoms with van der Waals surface area (Å²) in [5.74, 6) is 0. The molecule has 1 aromatic carbocycles. The third-order valence-electron chi connectivity index (χ3n) is 2.25. The Morgan fingerprint density at radius 1 is 1.40 bits per heavy atom. The molecule has 0 heterocycles. The van der Waals surface area contributed by atoms with E-state index < -0.39 is 0 Å². The molecule has 82 valence electrons. The summed E-state index contributed by atoms with van der Waals surface area (Å²) in [5.41, 5.74) is 3.36. The van der Waals surface area contributed by atoms with Crippen molar-refractivity contribution in [2.24, 2.45) is 0 Å². The van der Waals surface area contributed by atoms with Crippen LogP contribution >= 0.6 is 28.1 Å². The Hall–Kier alpha value is -0.410. The van der Waals surface area contributed by atoms with E-state index in [1.54, 1.807) is 0 Å². The average Bonchev–Trinajstić information content (AvgIpc) is 2.21. The second kappa shape index (κ2) is 5.61. The number of thiocarbonyl (C=S) groups is 1. The minimum Gasteiger partial charge on any atom is -0.483 e. The topological polar surface area (TPSA) is 9.23 Å². The van der Waals surface area contributed by atoms with Crippen LogP contribution in [0.15, 0.2) is 16.6 Å². The summed E-state index contributed by atoms with van der Waals surface area (Å²) >= 11 is 8.78. The number of rotatable bonds is 3. The molecule has 0 radical (unpaired) electrons. The van der Waals surface area contributed by atoms with Crippen LogP contribution in [0.4, 0.5) is 0 Å². The lowest BCUT2D eigenvalue weighted by atomic mass is 10.0. The number of halogens is 1. The molecule has 0 amide bonds. The zero-order valence-electron chi connectivity index (χ0n) is 9.26. The normalized spacial score (nSPS) is 10.1. The summed E-state index contributed by atoms with van der Waals surface area (Å²) < 4.78 is 6.58. The van der Waals surface area contributed by atoms with Crippen molar-refractivity contribution in [3.05, 3.63) is 33.3 Å². The second-order valence-electron chi connectivity index (χ2n) is 3.50. The van der Waals surface area contributed by atoms with Crippen molar-refractivity contribution in [3.8, 4) is 0 Å². The van der Waals surface area contributed by atoms with Gasteiger partial charge in [0, 0.05) is 10.0 Å². The first-order valence-corrected chi connectivity index (χ1v) is 6.20. The fraction of sp³-hybridized carbons (Fsp3) is 0.417. The highest BCUT2D eigenvalue weighted by Gasteiger charge is 2.11. The first-order chi connectivity index (χ1) is 7.07. The predicted octanol–water partition coefficient (Wildman–Crippen LogP) is 4.17. The predicted molar refractivity (Wildman–Crippen MR) is 71.6 cm³/mol. The lowest BCUT2D eigenvalue weighted by molar-refractivity contribution is 0.313. The van der Waals surface area contributed by atoms with Gasteiger partial charge in [0.05, 0.1) is 6.61 Å². The molecule has 1 nitrogen and oxygen atoms in total. The zero-order chi connectivity index (χ0) is 11.4. The van der Waals surface area contributed by atoms with Crippen LogP contribution in [0.25, 0.3) is 0 Å². The van der Waals surface area contributed by atoms with Crippen LogP contribution in [0, 0.1) is 13.8 Å². The van der Waals surface area contributed by atoms with Crippen LogP contribution in [0.1, 0.15) is 30.0 Å². The third kappa shape index (κ3) is 3.02. The van der Waals surface area contributed by atoms with Crippen LogP contribution in [0.5, 0.6) is 0 Å². The molecule has 15 heavy (non-hydrogen) atoms. The van der Waals surface area contributed by atoms with Crippen molar-refractivity contribution in [1.82, 2.24) is 0 Å². The van der Waals surface area contributed by atoms with E-state index >= 15 is 0 Å². The third-order valence-corrected chi connectivity index (χ3v) is 3.43. The first kappa shape index (κ1) is 12.7. The standard InChI is InChI=1S/C12H15BrOS/c1-4-7-14-12(15)11-8(2)5-6-10(13)9(11)3/h5-6H,4,7H2,1-3H3. The van der Waals surface area contributed by atoms with Gasteiger partial charge in [0.1, 0.15) is 0 Å². The van der Waals surface area contributed by atoms with Gasteiger partial charge >= 0.3 is 0 Å². The van der Waals surface area contributed by atoms with Crippen LogP contribution in [-0.4, -0.2) is 11.7 Å². The molecule has 1 rings (SSSR count). The molecule has 0 fully saturated rings. The van der Waals surface area contributed by atoms with Gasteiger partial charge in [0.15, 0.2) is 5.05 Å². The van der Waals surface area contributed by atoms with Crippen LogP contribution < -0.4 is 0 Å². The number of aryl methyl sites for hydroxylation is 1. The SMILES string of the molecule is CCCOC(=S)c1c(C)ccc(Br)c1C. The Labute approximate surface area is 105 Å². The number of benzene rings is 1. The van der Waals surface area contributed by atoms with Crippen molar-refractivity contribution < 1.29 is 4.74 Å². The van der Waals surface area contributed by atoms with E-state index in [1.165, 1.54) is 0 Å². The minimum absolute atomic E-state index is 0.605. The van der Waals surface area contributed by atoms with Gasteiger partial charge in [-0.3, -0.25) is 0 Å². The molecule has 0 aromatic heterocycles. The van der Waals surface area contributed by atoms with Crippen molar-refractivity contribution in [1.29, 1.82) is 0 Å². The largest absolute Gasteiger partial charge is 0.483 e. The fourth-order valence-electron chi connectivity index (χ4n) is 1.40. The average molecular weight is 287 g/mol. The monoisotopic (exact) mass is 286 g/mol. The van der Waals surface area contributed by atoms with Crippen LogP contribution in [0.3, 0.4) is 0 Å². The van der Waals surface area contributed by atoms with Gasteiger partial charge in [-0.25, -0.2) is 0 Å². The van der Waals surface area contributed by atoms with Gasteiger partial charge in [0.2, 0.25) is 0 Å². The first-order valence-electron chi connectivity index (χ1n) is 5.00. The van der Waals surface area contributed by atoms with Crippen LogP contribution in [-0.2, 0) is 4.74 Å². The quantitative estimate of drug-likeness (QED) is 0.772. The maximum Gasteiger partial charge on any atom is 0.191 e. The summed E-state index contributed by atoms with van der Waals surface area (Å²) in [6.07, 6.45) is 0.978. The highest BCUT2D eigenvalue weighted by atomic mass is 79.9. The Bertz CT molecular complexity index is 374. The molecule has 0 N–H and O–H groups in total. The number of hydrogen-bond donors (Lipinski definition) is 0. The Kier molecular flexibility index (Phi) is 4.74. The second-order valence-corrected chi connectivity index (χ2v) is 4.73. The van der Waals surface area contributed by atoms with E-state index in [4.69, 9.17) is 17.0 Å². The van der Waals surface area contributed by atoms with Crippen molar-refractivity contribution >= 4 is 33.2 Å². The minimum atomic E-state index is 0.605. The molecule has 0 bridgehead atoms. The molecule has 0 aliphatic carbocycles. The van der Waals surface area contributed by atoms with Gasteiger partial charge in [-0.05, 0) is 49.7 Å². The number of ether oxygens (including phenoxy) is 1. The highest BCUT2D eigenvalue weighted by molar-refractivity contribution is 9.10. The molecule has 0 atom stereocenters. The van der Waals surface area contributed by atoms with Gasteiger partial charge < -0.3 is 4.74 Å². The molecule has 0 saturated heterocycles. The van der Waals surface area contributed by atoms with Gasteiger partial charge in [-0.2, -0.15) is 0 Å². The molecule has 0 spiro atoms. The van der Waals surface area contributed by atoms with E-state index in [0.29, 0.717) is 11.7 Å². The van der Waals surface area contributed by atoms with E-state index in [9.17, 15) is 0 Å². The fourth-order valence-corrected chi connectivity index (χ4v) is 2.13. The summed E-state index contributed by atoms with van der Waals surface area (Å²) in [7, 11) is 0. The van der Waals surface area contributed by atoms with Crippen LogP contribution in [0.2, 0.25) is 0 Å². The Morgan fingerprint density at radius 2 is 2.07 bits per heavy atom. The zero-order valence-corrected chi connectivity index (χ0v) is 11.7. The van der Waals surface area contributed by atoms with E-state index in [-0.39, 0.29) is 0 Å². The Balaban J connectivity index is 3.02. The summed E-state index contributed by atoms with van der Waals surface area (Å²) in [5, 5.41) is 0.605. The maximum atomic E-state index is 5.50. The molecule has 3 heteroatoms. The van der Waals surface area contributed by atoms with E-state index in [1.807, 2.05) is 19.1 Å². The lowest BCUT2D eigenvalue weighted by Crippen LogP contribution is -2.08. The molecular formula is C12H15BrOS. The lowest BCUT2D eigenvalue weighted by Gasteiger charge is -2.13. The van der Waals surface area contributed by atoms with Crippen molar-refractivity contribution in [2.45, 2.75) is 27.2 Å². The van der Waals surface area contributed by atoms with Gasteiger partial charge in [-0.1, -0.05) is 28.9 Å². The van der Waals surface area contributed by atoms with E-state index in [0.717, 1.165) is 27.6 Å². The molecule has 0 aliphatic rings. The maximum absolute atomic E-state index is 5.50. The smallest absolute Gasteiger partial charge is 0.191 e. The highest BCUT2D eigenvalue weighted by Crippen LogP contribution is 2.24. The molecule has 0 unspecified atom stereocenters. The van der Waals surface area contributed by atoms with Gasteiger partial charge in [0.25, 0.3) is 0 Å². The summed E-state index contributed by atoms with van der Waals surface area (Å²) in [6.45, 7) is 6.86. The summed E-state index contributed by atoms with van der Waals surface area (Å²) in [4.78, 5) is 0. The van der Waals surface area contributed by atoms with E-state index in [2.05, 4.69) is 29.8 Å². The molecular weight excluding hydrogens is 272 g/mol. The van der Waals surface area contributed by atoms with Gasteiger partial charge in [-0.15, -0.1) is 0 Å². The van der Waals surface area contributed by atoms with Crippen molar-refractivity contribution in [3.63, 3.8) is 0 Å². The van der Waals surface area contributed by atoms with Crippen molar-refractivity contribution in [2.75, 3.05) is 6.61 Å². The molecule has 0 saturated carbocycles. The Morgan fingerprint density at radius 3 is 2.67 bits per heavy atom. The summed E-state index contributed by atoms with van der Waals surface area (Å²) in [6, 6.07) is 4.09. The molecule has 0 aliphatic heterocycles. The molecule has 1 aromatic rings. The number of hydrogen-bond acceptors (Lipinski definition) is 2.